The molecule has 1 saturated heterocycles. The first-order valence-corrected chi connectivity index (χ1v) is 7.26. The molecule has 2 atom stereocenters. The molecule has 1 aromatic heterocycles. The zero-order valence-corrected chi connectivity index (χ0v) is 12.4. The van der Waals surface area contributed by atoms with Crippen LogP contribution >= 0.6 is 0 Å². The number of amides is 1. The molecule has 22 heavy (non-hydrogen) atoms. The highest BCUT2D eigenvalue weighted by Crippen LogP contribution is 2.22. The number of ether oxygens (including phenoxy) is 1. The van der Waals surface area contributed by atoms with E-state index in [1.54, 1.807) is 36.7 Å². The Morgan fingerprint density at radius 3 is 2.77 bits per heavy atom. The monoisotopic (exact) mass is 301 g/mol. The number of aromatic nitrogens is 2. The number of hydrogen-bond acceptors (Lipinski definition) is 4. The number of carbonyl (C=O) groups excluding carboxylic acids is 1. The summed E-state index contributed by atoms with van der Waals surface area (Å²) in [4.78, 5) is 18.3. The Bertz CT molecular complexity index is 625. The Morgan fingerprint density at radius 2 is 2.18 bits per heavy atom. The molecule has 0 aliphatic carbocycles. The Kier molecular flexibility index (Phi) is 4.22. The Labute approximate surface area is 129 Å². The van der Waals surface area contributed by atoms with Gasteiger partial charge in [-0.25, -0.2) is 4.98 Å². The summed E-state index contributed by atoms with van der Waals surface area (Å²) < 4.78 is 7.19. The minimum absolute atomic E-state index is 0.00804. The van der Waals surface area contributed by atoms with E-state index in [0.29, 0.717) is 18.5 Å². The van der Waals surface area contributed by atoms with E-state index in [-0.39, 0.29) is 24.7 Å². The fourth-order valence-corrected chi connectivity index (χ4v) is 2.82. The molecule has 1 N–H and O–H groups in total. The van der Waals surface area contributed by atoms with Crippen LogP contribution in [0.2, 0.25) is 0 Å². The molecule has 1 aromatic carbocycles. The van der Waals surface area contributed by atoms with E-state index in [4.69, 9.17) is 4.74 Å². The van der Waals surface area contributed by atoms with Crippen molar-refractivity contribution in [3.63, 3.8) is 0 Å². The van der Waals surface area contributed by atoms with Gasteiger partial charge in [0.05, 0.1) is 25.1 Å². The third kappa shape index (κ3) is 2.75. The van der Waals surface area contributed by atoms with Crippen molar-refractivity contribution >= 4 is 5.91 Å². The van der Waals surface area contributed by atoms with Gasteiger partial charge in [-0.15, -0.1) is 0 Å². The number of aliphatic hydroxyl groups excluding tert-OH is 1. The maximum Gasteiger partial charge on any atom is 0.254 e. The number of rotatable bonds is 4. The molecule has 2 heterocycles. The zero-order chi connectivity index (χ0) is 15.5. The van der Waals surface area contributed by atoms with Gasteiger partial charge in [0.2, 0.25) is 0 Å². The van der Waals surface area contributed by atoms with Crippen molar-refractivity contribution in [2.24, 2.45) is 0 Å². The van der Waals surface area contributed by atoms with Crippen LogP contribution in [0.1, 0.15) is 16.8 Å². The molecule has 6 nitrogen and oxygen atoms in total. The number of nitrogens with zero attached hydrogens (tertiary/aromatic N) is 3. The van der Waals surface area contributed by atoms with E-state index in [2.05, 4.69) is 4.98 Å². The molecular formula is C16H19N3O3. The normalized spacial score (nSPS) is 21.3. The van der Waals surface area contributed by atoms with E-state index in [9.17, 15) is 9.90 Å². The van der Waals surface area contributed by atoms with Crippen molar-refractivity contribution in [2.75, 3.05) is 20.3 Å². The molecule has 0 radical (unpaired) electrons. The van der Waals surface area contributed by atoms with Crippen LogP contribution in [0.25, 0.3) is 5.69 Å². The summed E-state index contributed by atoms with van der Waals surface area (Å²) in [6, 6.07) is 7.18. The van der Waals surface area contributed by atoms with Gasteiger partial charge in [0.15, 0.2) is 0 Å². The lowest BCUT2D eigenvalue weighted by molar-refractivity contribution is 0.0648. The van der Waals surface area contributed by atoms with Crippen molar-refractivity contribution < 1.29 is 14.6 Å². The molecule has 116 valence electrons. The fourth-order valence-electron chi connectivity index (χ4n) is 2.82. The van der Waals surface area contributed by atoms with Crippen molar-refractivity contribution in [1.82, 2.24) is 14.5 Å². The van der Waals surface area contributed by atoms with Gasteiger partial charge in [-0.05, 0) is 30.7 Å². The Hall–Kier alpha value is -2.18. The molecule has 0 bridgehead atoms. The van der Waals surface area contributed by atoms with Gasteiger partial charge in [-0.3, -0.25) is 4.79 Å². The molecular weight excluding hydrogens is 282 g/mol. The van der Waals surface area contributed by atoms with Crippen LogP contribution in [0.5, 0.6) is 0 Å². The molecule has 1 amide bonds. The van der Waals surface area contributed by atoms with Gasteiger partial charge >= 0.3 is 0 Å². The number of methoxy groups -OCH3 is 1. The van der Waals surface area contributed by atoms with Crippen LogP contribution in [0.3, 0.4) is 0 Å². The largest absolute Gasteiger partial charge is 0.394 e. The predicted octanol–water partition coefficient (Wildman–Crippen LogP) is 1.09. The smallest absolute Gasteiger partial charge is 0.254 e. The molecule has 1 aliphatic heterocycles. The first-order valence-electron chi connectivity index (χ1n) is 7.26. The van der Waals surface area contributed by atoms with E-state index < -0.39 is 0 Å². The number of benzene rings is 1. The lowest BCUT2D eigenvalue weighted by atomic mass is 10.1. The molecule has 1 aliphatic rings. The molecule has 6 heteroatoms. The van der Waals surface area contributed by atoms with Gasteiger partial charge < -0.3 is 19.3 Å². The number of aliphatic hydroxyl groups is 1. The summed E-state index contributed by atoms with van der Waals surface area (Å²) in [6.07, 6.45) is 5.93. The number of hydrogen-bond donors (Lipinski definition) is 1. The highest BCUT2D eigenvalue weighted by Gasteiger charge is 2.35. The van der Waals surface area contributed by atoms with Crippen LogP contribution in [0.4, 0.5) is 0 Å². The highest BCUT2D eigenvalue weighted by atomic mass is 16.5. The van der Waals surface area contributed by atoms with E-state index in [0.717, 1.165) is 5.69 Å². The predicted molar refractivity (Wildman–Crippen MR) is 80.9 cm³/mol. The number of imidazole rings is 1. The Morgan fingerprint density at radius 1 is 1.41 bits per heavy atom. The molecule has 0 spiro atoms. The fraction of sp³-hybridized carbons (Fsp3) is 0.375. The van der Waals surface area contributed by atoms with Crippen molar-refractivity contribution in [3.8, 4) is 5.69 Å². The summed E-state index contributed by atoms with van der Waals surface area (Å²) in [7, 11) is 1.63. The van der Waals surface area contributed by atoms with E-state index in [1.807, 2.05) is 22.9 Å². The second kappa shape index (κ2) is 6.29. The summed E-state index contributed by atoms with van der Waals surface area (Å²) in [5.74, 6) is -0.0734. The molecule has 1 fully saturated rings. The highest BCUT2D eigenvalue weighted by molar-refractivity contribution is 5.94. The van der Waals surface area contributed by atoms with Gasteiger partial charge in [0.1, 0.15) is 0 Å². The van der Waals surface area contributed by atoms with Gasteiger partial charge in [-0.1, -0.05) is 0 Å². The van der Waals surface area contributed by atoms with Gasteiger partial charge in [0, 0.05) is 37.3 Å². The average molecular weight is 301 g/mol. The maximum absolute atomic E-state index is 12.6. The van der Waals surface area contributed by atoms with E-state index >= 15 is 0 Å². The molecule has 0 saturated carbocycles. The molecule has 2 aromatic rings. The summed E-state index contributed by atoms with van der Waals surface area (Å²) in [5, 5.41) is 9.45. The second-order valence-corrected chi connectivity index (χ2v) is 5.40. The summed E-state index contributed by atoms with van der Waals surface area (Å²) >= 11 is 0. The Balaban J connectivity index is 1.77. The van der Waals surface area contributed by atoms with Crippen molar-refractivity contribution in [1.29, 1.82) is 0 Å². The minimum atomic E-state index is -0.175. The van der Waals surface area contributed by atoms with Crippen LogP contribution < -0.4 is 0 Å². The third-order valence-electron chi connectivity index (χ3n) is 4.10. The van der Waals surface area contributed by atoms with E-state index in [1.165, 1.54) is 0 Å². The topological polar surface area (TPSA) is 67.6 Å². The zero-order valence-electron chi connectivity index (χ0n) is 12.4. The first-order chi connectivity index (χ1) is 10.7. The van der Waals surface area contributed by atoms with Crippen LogP contribution in [-0.4, -0.2) is 57.9 Å². The summed E-state index contributed by atoms with van der Waals surface area (Å²) in [6.45, 7) is 0.475. The lowest BCUT2D eigenvalue weighted by Crippen LogP contribution is -2.38. The lowest BCUT2D eigenvalue weighted by Gasteiger charge is -2.22. The van der Waals surface area contributed by atoms with Crippen LogP contribution in [-0.2, 0) is 4.74 Å². The molecule has 0 unspecified atom stereocenters. The average Bonchev–Trinajstić information content (AvgIpc) is 3.23. The van der Waals surface area contributed by atoms with Crippen molar-refractivity contribution in [3.05, 3.63) is 48.5 Å². The first kappa shape index (κ1) is 14.7. The minimum Gasteiger partial charge on any atom is -0.394 e. The SMILES string of the molecule is CO[C@@H]1C[C@@H](CO)N(C(=O)c2ccc(-n3ccnc3)cc2)C1. The number of likely N-dealkylation sites (tertiary alicyclic amines) is 1. The summed E-state index contributed by atoms with van der Waals surface area (Å²) in [5.41, 5.74) is 1.56. The molecule has 3 rings (SSSR count). The third-order valence-corrected chi connectivity index (χ3v) is 4.10. The van der Waals surface area contributed by atoms with Crippen molar-refractivity contribution in [2.45, 2.75) is 18.6 Å². The maximum atomic E-state index is 12.6. The van der Waals surface area contributed by atoms with Crippen LogP contribution in [0, 0.1) is 0 Å². The van der Waals surface area contributed by atoms with Gasteiger partial charge in [-0.2, -0.15) is 0 Å². The standard InChI is InChI=1S/C16H19N3O3/c1-22-15-8-14(10-20)19(9-15)16(21)12-2-4-13(5-3-12)18-7-6-17-11-18/h2-7,11,14-15,20H,8-10H2,1H3/t14-,15+/m0/s1. The van der Waals surface area contributed by atoms with Crippen LogP contribution in [0.15, 0.2) is 43.0 Å². The second-order valence-electron chi connectivity index (χ2n) is 5.40. The number of carbonyl (C=O) groups is 1. The van der Waals surface area contributed by atoms with Gasteiger partial charge in [0.25, 0.3) is 5.91 Å². The quantitative estimate of drug-likeness (QED) is 0.918.